The third-order valence-corrected chi connectivity index (χ3v) is 6.24. The topological polar surface area (TPSA) is 87.7 Å². The van der Waals surface area contributed by atoms with Crippen molar-refractivity contribution in [3.05, 3.63) is 53.9 Å². The molecule has 0 unspecified atom stereocenters. The van der Waals surface area contributed by atoms with Crippen molar-refractivity contribution in [3.63, 3.8) is 0 Å². The number of halogens is 3. The Hall–Kier alpha value is -2.95. The minimum atomic E-state index is -5.51. The molecule has 0 aliphatic carbocycles. The molecule has 1 aromatic carbocycles. The molecule has 166 valence electrons. The van der Waals surface area contributed by atoms with Crippen LogP contribution in [0.5, 0.6) is 0 Å². The zero-order chi connectivity index (χ0) is 23.0. The van der Waals surface area contributed by atoms with Gasteiger partial charge in [-0.3, -0.25) is 9.78 Å². The SMILES string of the molecule is CC(C)Cc1cnccc1CN1CC(=O)N(c2ccc(S(=O)(=O)C(F)(F)F)cc2)C1=O. The number of pyridine rings is 1. The first kappa shape index (κ1) is 22.7. The zero-order valence-corrected chi connectivity index (χ0v) is 17.6. The number of aromatic nitrogens is 1. The maximum absolute atomic E-state index is 12.8. The van der Waals surface area contributed by atoms with E-state index in [-0.39, 0.29) is 18.8 Å². The van der Waals surface area contributed by atoms with Gasteiger partial charge in [0, 0.05) is 18.9 Å². The number of imide groups is 1. The van der Waals surface area contributed by atoms with Crippen molar-refractivity contribution < 1.29 is 31.2 Å². The molecule has 0 spiro atoms. The van der Waals surface area contributed by atoms with Gasteiger partial charge in [-0.1, -0.05) is 13.8 Å². The first-order valence-electron chi connectivity index (χ1n) is 9.37. The Morgan fingerprint density at radius 1 is 1.06 bits per heavy atom. The van der Waals surface area contributed by atoms with Gasteiger partial charge < -0.3 is 4.90 Å². The van der Waals surface area contributed by atoms with Gasteiger partial charge in [-0.05, 0) is 53.8 Å². The summed E-state index contributed by atoms with van der Waals surface area (Å²) >= 11 is 0. The van der Waals surface area contributed by atoms with E-state index in [1.54, 1.807) is 18.5 Å². The quantitative estimate of drug-likeness (QED) is 0.622. The summed E-state index contributed by atoms with van der Waals surface area (Å²) < 4.78 is 61.1. The van der Waals surface area contributed by atoms with Crippen LogP contribution in [0.4, 0.5) is 23.7 Å². The molecule has 0 radical (unpaired) electrons. The maximum Gasteiger partial charge on any atom is 0.501 e. The molecule has 2 heterocycles. The normalized spacial score (nSPS) is 15.3. The number of benzene rings is 1. The number of carbonyl (C=O) groups excluding carboxylic acids is 2. The van der Waals surface area contributed by atoms with Gasteiger partial charge in [-0.25, -0.2) is 18.1 Å². The standard InChI is InChI=1S/C20H20F3N3O4S/c1-13(2)9-15-10-24-8-7-14(15)11-25-12-18(27)26(19(25)28)16-3-5-17(6-4-16)31(29,30)20(21,22)23/h3-8,10,13H,9,11-12H2,1-2H3. The highest BCUT2D eigenvalue weighted by Crippen LogP contribution is 2.32. The Bertz CT molecular complexity index is 1100. The maximum atomic E-state index is 12.8. The van der Waals surface area contributed by atoms with Crippen LogP contribution in [0, 0.1) is 5.92 Å². The van der Waals surface area contributed by atoms with Gasteiger partial charge in [-0.2, -0.15) is 13.2 Å². The van der Waals surface area contributed by atoms with Crippen LogP contribution >= 0.6 is 0 Å². The van der Waals surface area contributed by atoms with Crippen LogP contribution in [0.15, 0.2) is 47.6 Å². The lowest BCUT2D eigenvalue weighted by Crippen LogP contribution is -2.33. The highest BCUT2D eigenvalue weighted by molar-refractivity contribution is 7.92. The lowest BCUT2D eigenvalue weighted by atomic mass is 10.00. The van der Waals surface area contributed by atoms with E-state index < -0.39 is 32.2 Å². The number of nitrogens with zero attached hydrogens (tertiary/aromatic N) is 3. The zero-order valence-electron chi connectivity index (χ0n) is 16.8. The molecule has 2 aromatic rings. The predicted molar refractivity (Wildman–Crippen MR) is 106 cm³/mol. The first-order chi connectivity index (χ1) is 14.4. The van der Waals surface area contributed by atoms with E-state index in [0.717, 1.165) is 46.7 Å². The van der Waals surface area contributed by atoms with Crippen molar-refractivity contribution in [1.82, 2.24) is 9.88 Å². The number of amides is 3. The number of hydrogen-bond donors (Lipinski definition) is 0. The average molecular weight is 455 g/mol. The number of anilines is 1. The average Bonchev–Trinajstić information content (AvgIpc) is 2.95. The molecular weight excluding hydrogens is 435 g/mol. The Labute approximate surface area is 177 Å². The molecule has 0 N–H and O–H groups in total. The Morgan fingerprint density at radius 3 is 2.29 bits per heavy atom. The fourth-order valence-corrected chi connectivity index (χ4v) is 4.04. The molecule has 1 aromatic heterocycles. The summed E-state index contributed by atoms with van der Waals surface area (Å²) in [6.07, 6.45) is 4.06. The largest absolute Gasteiger partial charge is 0.501 e. The molecular formula is C20H20F3N3O4S. The van der Waals surface area contributed by atoms with E-state index >= 15 is 0 Å². The minimum absolute atomic E-state index is 0.00393. The first-order valence-corrected chi connectivity index (χ1v) is 10.8. The van der Waals surface area contributed by atoms with Crippen molar-refractivity contribution in [2.24, 2.45) is 5.92 Å². The second-order valence-corrected chi connectivity index (χ2v) is 9.49. The summed E-state index contributed by atoms with van der Waals surface area (Å²) in [5.41, 5.74) is -3.64. The number of urea groups is 1. The summed E-state index contributed by atoms with van der Waals surface area (Å²) in [4.78, 5) is 30.5. The number of carbonyl (C=O) groups is 2. The summed E-state index contributed by atoms with van der Waals surface area (Å²) in [6.45, 7) is 4.06. The van der Waals surface area contributed by atoms with E-state index in [9.17, 15) is 31.2 Å². The van der Waals surface area contributed by atoms with Gasteiger partial charge in [0.25, 0.3) is 15.7 Å². The predicted octanol–water partition coefficient (Wildman–Crippen LogP) is 3.54. The minimum Gasteiger partial charge on any atom is -0.310 e. The van der Waals surface area contributed by atoms with E-state index in [0.29, 0.717) is 5.92 Å². The molecule has 31 heavy (non-hydrogen) atoms. The highest BCUT2D eigenvalue weighted by atomic mass is 32.2. The van der Waals surface area contributed by atoms with Crippen LogP contribution in [0.2, 0.25) is 0 Å². The molecule has 0 saturated carbocycles. The molecule has 0 bridgehead atoms. The number of rotatable bonds is 6. The van der Waals surface area contributed by atoms with E-state index in [1.807, 2.05) is 13.8 Å². The van der Waals surface area contributed by atoms with Crippen molar-refractivity contribution in [3.8, 4) is 0 Å². The highest BCUT2D eigenvalue weighted by Gasteiger charge is 2.47. The molecule has 1 fully saturated rings. The summed E-state index contributed by atoms with van der Waals surface area (Å²) in [7, 11) is -5.51. The number of hydrogen-bond acceptors (Lipinski definition) is 5. The van der Waals surface area contributed by atoms with Crippen LogP contribution in [0.3, 0.4) is 0 Å². The fourth-order valence-electron chi connectivity index (χ4n) is 3.28. The van der Waals surface area contributed by atoms with Crippen LogP contribution in [-0.4, -0.2) is 42.3 Å². The third kappa shape index (κ3) is 4.55. The van der Waals surface area contributed by atoms with Crippen LogP contribution in [-0.2, 0) is 27.6 Å². The lowest BCUT2D eigenvalue weighted by molar-refractivity contribution is -0.116. The Kier molecular flexibility index (Phi) is 6.08. The number of sulfone groups is 1. The molecule has 3 rings (SSSR count). The van der Waals surface area contributed by atoms with Gasteiger partial charge in [-0.15, -0.1) is 0 Å². The van der Waals surface area contributed by atoms with Gasteiger partial charge in [0.1, 0.15) is 6.54 Å². The molecule has 1 aliphatic rings. The Morgan fingerprint density at radius 2 is 1.71 bits per heavy atom. The van der Waals surface area contributed by atoms with Crippen molar-refractivity contribution >= 4 is 27.5 Å². The fraction of sp³-hybridized carbons (Fsp3) is 0.350. The number of alkyl halides is 3. The van der Waals surface area contributed by atoms with Crippen LogP contribution in [0.25, 0.3) is 0 Å². The molecule has 0 atom stereocenters. The van der Waals surface area contributed by atoms with Crippen LogP contribution in [0.1, 0.15) is 25.0 Å². The van der Waals surface area contributed by atoms with E-state index in [4.69, 9.17) is 0 Å². The second-order valence-electron chi connectivity index (χ2n) is 7.55. The second kappa shape index (κ2) is 8.29. The molecule has 11 heteroatoms. The summed E-state index contributed by atoms with van der Waals surface area (Å²) in [6, 6.07) is 4.61. The molecule has 1 saturated heterocycles. The van der Waals surface area contributed by atoms with Crippen molar-refractivity contribution in [2.45, 2.75) is 37.2 Å². The van der Waals surface area contributed by atoms with E-state index in [1.165, 1.54) is 4.90 Å². The van der Waals surface area contributed by atoms with Gasteiger partial charge in [0.05, 0.1) is 10.6 Å². The Balaban J connectivity index is 1.82. The van der Waals surface area contributed by atoms with Crippen molar-refractivity contribution in [1.29, 1.82) is 0 Å². The van der Waals surface area contributed by atoms with Crippen molar-refractivity contribution in [2.75, 3.05) is 11.4 Å². The van der Waals surface area contributed by atoms with Gasteiger partial charge in [0.15, 0.2) is 0 Å². The van der Waals surface area contributed by atoms with Gasteiger partial charge in [0.2, 0.25) is 0 Å². The van der Waals surface area contributed by atoms with Crippen LogP contribution < -0.4 is 4.90 Å². The lowest BCUT2D eigenvalue weighted by Gasteiger charge is -2.19. The monoisotopic (exact) mass is 455 g/mol. The molecule has 3 amide bonds. The third-order valence-electron chi connectivity index (χ3n) is 4.74. The van der Waals surface area contributed by atoms with Gasteiger partial charge >= 0.3 is 11.5 Å². The summed E-state index contributed by atoms with van der Waals surface area (Å²) in [5, 5.41) is 0. The smallest absolute Gasteiger partial charge is 0.310 e. The summed E-state index contributed by atoms with van der Waals surface area (Å²) in [5.74, 6) is -0.197. The molecule has 7 nitrogen and oxygen atoms in total. The van der Waals surface area contributed by atoms with E-state index in [2.05, 4.69) is 4.98 Å². The molecule has 1 aliphatic heterocycles.